The van der Waals surface area contributed by atoms with Crippen LogP contribution in [-0.2, 0) is 21.3 Å². The van der Waals surface area contributed by atoms with Crippen LogP contribution in [0, 0.1) is 5.92 Å². The predicted octanol–water partition coefficient (Wildman–Crippen LogP) is 6.90. The summed E-state index contributed by atoms with van der Waals surface area (Å²) in [5.74, 6) is -0.488. The molecule has 4 aromatic rings. The Labute approximate surface area is 335 Å². The van der Waals surface area contributed by atoms with Gasteiger partial charge in [0.2, 0.25) is 0 Å². The van der Waals surface area contributed by atoms with E-state index in [0.717, 1.165) is 18.4 Å². The second kappa shape index (κ2) is 19.5. The molecule has 300 valence electrons. The number of carbonyl (C=O) groups excluding carboxylic acids is 2. The number of sulfonamides is 1. The molecule has 0 saturated heterocycles. The highest BCUT2D eigenvalue weighted by Gasteiger charge is 2.31. The Kier molecular flexibility index (Phi) is 14.8. The van der Waals surface area contributed by atoms with Gasteiger partial charge in [-0.3, -0.25) is 19.2 Å². The number of carbonyl (C=O) groups is 2. The molecule has 0 spiro atoms. The van der Waals surface area contributed by atoms with Gasteiger partial charge in [-0.05, 0) is 112 Å². The molecule has 1 aliphatic heterocycles. The molecular formula is C42H52ClN5O7S. The van der Waals surface area contributed by atoms with Crippen molar-refractivity contribution in [2.45, 2.75) is 69.7 Å². The maximum absolute atomic E-state index is 14.5. The molecule has 0 radical (unpaired) electrons. The number of aliphatic hydroxyl groups is 1. The Hall–Kier alpha value is -4.66. The lowest BCUT2D eigenvalue weighted by molar-refractivity contribution is -0.0177. The van der Waals surface area contributed by atoms with E-state index in [1.165, 1.54) is 30.3 Å². The van der Waals surface area contributed by atoms with Gasteiger partial charge in [0.05, 0.1) is 46.7 Å². The van der Waals surface area contributed by atoms with E-state index in [1.54, 1.807) is 48.2 Å². The normalized spacial score (nSPS) is 19.0. The van der Waals surface area contributed by atoms with Gasteiger partial charge in [0.1, 0.15) is 5.75 Å². The van der Waals surface area contributed by atoms with Crippen molar-refractivity contribution in [3.05, 3.63) is 113 Å². The molecule has 0 saturated carbocycles. The summed E-state index contributed by atoms with van der Waals surface area (Å²) in [6, 6.07) is 24.4. The van der Waals surface area contributed by atoms with Gasteiger partial charge in [0, 0.05) is 48.4 Å². The van der Waals surface area contributed by atoms with Gasteiger partial charge in [0.25, 0.3) is 21.8 Å². The molecule has 12 nitrogen and oxygen atoms in total. The number of likely N-dealkylation sites (N-methyl/N-ethyl adjacent to an activating group) is 1. The quantitative estimate of drug-likeness (QED) is 0.118. The Balaban J connectivity index is 1.33. The van der Waals surface area contributed by atoms with Crippen molar-refractivity contribution < 1.29 is 32.6 Å². The van der Waals surface area contributed by atoms with Crippen molar-refractivity contribution in [3.63, 3.8) is 0 Å². The van der Waals surface area contributed by atoms with Gasteiger partial charge in [-0.2, -0.15) is 0 Å². The third-order valence-electron chi connectivity index (χ3n) is 9.80. The average Bonchev–Trinajstić information content (AvgIpc) is 3.17. The zero-order chi connectivity index (χ0) is 40.4. The molecule has 14 heteroatoms. The SMILES string of the molecule is C[C@@H]1CCCCO[C@H](CN(C)Cc2ccc(C(=O)Nc3ccccc3N)cc2)[C@@H](C)CN([C@@H](C)CO)C(=O)c2cc(NS(=O)(=O)c3ccc(Cl)cc3)ccc2O1. The minimum absolute atomic E-state index is 0.0211. The predicted molar refractivity (Wildman–Crippen MR) is 221 cm³/mol. The molecule has 0 aromatic heterocycles. The van der Waals surface area contributed by atoms with Crippen molar-refractivity contribution in [2.75, 3.05) is 49.1 Å². The number of anilines is 3. The molecular weight excluding hydrogens is 754 g/mol. The monoisotopic (exact) mass is 805 g/mol. The molecule has 4 atom stereocenters. The minimum Gasteiger partial charge on any atom is -0.490 e. The first-order valence-corrected chi connectivity index (χ1v) is 20.7. The molecule has 1 heterocycles. The van der Waals surface area contributed by atoms with E-state index < -0.39 is 22.0 Å². The summed E-state index contributed by atoms with van der Waals surface area (Å²) in [6.45, 7) is 7.37. The number of benzene rings is 4. The first-order chi connectivity index (χ1) is 26.7. The fourth-order valence-corrected chi connectivity index (χ4v) is 7.70. The molecule has 0 aliphatic carbocycles. The lowest BCUT2D eigenvalue weighted by atomic mass is 10.0. The van der Waals surface area contributed by atoms with Gasteiger partial charge < -0.3 is 30.5 Å². The largest absolute Gasteiger partial charge is 0.490 e. The molecule has 56 heavy (non-hydrogen) atoms. The maximum Gasteiger partial charge on any atom is 0.261 e. The van der Waals surface area contributed by atoms with E-state index >= 15 is 0 Å². The van der Waals surface area contributed by atoms with Crippen LogP contribution in [0.15, 0.2) is 95.9 Å². The van der Waals surface area contributed by atoms with Crippen LogP contribution in [0.2, 0.25) is 5.02 Å². The Morgan fingerprint density at radius 3 is 2.45 bits per heavy atom. The summed E-state index contributed by atoms with van der Waals surface area (Å²) in [7, 11) is -1.99. The minimum atomic E-state index is -4.00. The van der Waals surface area contributed by atoms with E-state index in [4.69, 9.17) is 26.8 Å². The van der Waals surface area contributed by atoms with Gasteiger partial charge in [-0.1, -0.05) is 42.8 Å². The fourth-order valence-electron chi connectivity index (χ4n) is 6.53. The number of fused-ring (bicyclic) bond motifs is 1. The first-order valence-electron chi connectivity index (χ1n) is 18.8. The smallest absolute Gasteiger partial charge is 0.261 e. The van der Waals surface area contributed by atoms with Crippen LogP contribution < -0.4 is 20.5 Å². The van der Waals surface area contributed by atoms with Crippen molar-refractivity contribution in [1.82, 2.24) is 9.80 Å². The number of para-hydroxylation sites is 2. The molecule has 0 fully saturated rings. The molecule has 2 amide bonds. The number of amides is 2. The van der Waals surface area contributed by atoms with Crippen LogP contribution in [0.3, 0.4) is 0 Å². The summed E-state index contributed by atoms with van der Waals surface area (Å²) in [5.41, 5.74) is 8.92. The van der Waals surface area contributed by atoms with Gasteiger partial charge in [0.15, 0.2) is 0 Å². The van der Waals surface area contributed by atoms with Crippen molar-refractivity contribution in [2.24, 2.45) is 5.92 Å². The van der Waals surface area contributed by atoms with Crippen LogP contribution in [-0.4, -0.2) is 86.7 Å². The molecule has 0 unspecified atom stereocenters. The highest BCUT2D eigenvalue weighted by Crippen LogP contribution is 2.30. The van der Waals surface area contributed by atoms with Gasteiger partial charge in [-0.25, -0.2) is 8.42 Å². The number of nitrogens with zero attached hydrogens (tertiary/aromatic N) is 2. The third-order valence-corrected chi connectivity index (χ3v) is 11.4. The van der Waals surface area contributed by atoms with E-state index in [0.29, 0.717) is 53.8 Å². The first kappa shape index (κ1) is 42.5. The number of hydrogen-bond donors (Lipinski definition) is 4. The number of nitrogen functional groups attached to an aromatic ring is 1. The van der Waals surface area contributed by atoms with E-state index in [9.17, 15) is 23.1 Å². The van der Waals surface area contributed by atoms with Crippen LogP contribution in [0.4, 0.5) is 17.1 Å². The van der Waals surface area contributed by atoms with E-state index in [1.807, 2.05) is 45.2 Å². The second-order valence-corrected chi connectivity index (χ2v) is 16.6. The van der Waals surface area contributed by atoms with Crippen molar-refractivity contribution in [3.8, 4) is 5.75 Å². The van der Waals surface area contributed by atoms with E-state index in [-0.39, 0.29) is 53.3 Å². The topological polar surface area (TPSA) is 164 Å². The van der Waals surface area contributed by atoms with E-state index in [2.05, 4.69) is 14.9 Å². The zero-order valence-electron chi connectivity index (χ0n) is 32.3. The Bertz CT molecular complexity index is 2050. The number of hydrogen-bond acceptors (Lipinski definition) is 9. The zero-order valence-corrected chi connectivity index (χ0v) is 33.9. The van der Waals surface area contributed by atoms with Crippen molar-refractivity contribution >= 4 is 50.5 Å². The molecule has 5 N–H and O–H groups in total. The summed E-state index contributed by atoms with van der Waals surface area (Å²) < 4.78 is 41.9. The third kappa shape index (κ3) is 11.5. The molecule has 5 rings (SSSR count). The standard InChI is InChI=1S/C42H52ClN5O7S/c1-28-24-48(29(2)27-49)42(51)36-23-34(46-56(52,53)35-19-16-33(43)17-20-35)18-21-39(36)55-30(3)9-7-8-22-54-40(28)26-47(4)25-31-12-14-32(15-13-31)41(50)45-38-11-6-5-10-37(38)44/h5-6,10-21,23,28-30,40,46,49H,7-9,22,24-27,44H2,1-4H3,(H,45,50)/t28-,29-,30+,40+/m0/s1. The number of aliphatic hydroxyl groups excluding tert-OH is 1. The van der Waals surface area contributed by atoms with Crippen molar-refractivity contribution in [1.29, 1.82) is 0 Å². The maximum atomic E-state index is 14.5. The van der Waals surface area contributed by atoms with Crippen LogP contribution >= 0.6 is 11.6 Å². The Morgan fingerprint density at radius 1 is 1.04 bits per heavy atom. The summed E-state index contributed by atoms with van der Waals surface area (Å²) in [5, 5.41) is 13.6. The lowest BCUT2D eigenvalue weighted by Gasteiger charge is -2.36. The van der Waals surface area contributed by atoms with Gasteiger partial charge >= 0.3 is 0 Å². The molecule has 4 aromatic carbocycles. The number of halogens is 1. The van der Waals surface area contributed by atoms with Crippen LogP contribution in [0.1, 0.15) is 66.3 Å². The van der Waals surface area contributed by atoms with Gasteiger partial charge in [-0.15, -0.1) is 0 Å². The number of ether oxygens (including phenoxy) is 2. The summed E-state index contributed by atoms with van der Waals surface area (Å²) >= 11 is 5.97. The lowest BCUT2D eigenvalue weighted by Crippen LogP contribution is -2.47. The Morgan fingerprint density at radius 2 is 1.75 bits per heavy atom. The highest BCUT2D eigenvalue weighted by molar-refractivity contribution is 7.92. The van der Waals surface area contributed by atoms with Crippen LogP contribution in [0.5, 0.6) is 5.75 Å². The summed E-state index contributed by atoms with van der Waals surface area (Å²) in [6.07, 6.45) is 1.86. The molecule has 0 bridgehead atoms. The summed E-state index contributed by atoms with van der Waals surface area (Å²) in [4.78, 5) is 31.1. The average molecular weight is 806 g/mol. The fraction of sp³-hybridized carbons (Fsp3) is 0.381. The number of nitrogens with two attached hydrogens (primary N) is 1. The second-order valence-electron chi connectivity index (χ2n) is 14.5. The van der Waals surface area contributed by atoms with Crippen LogP contribution in [0.25, 0.3) is 0 Å². The number of nitrogens with one attached hydrogen (secondary N) is 2. The highest BCUT2D eigenvalue weighted by atomic mass is 35.5. The number of rotatable bonds is 11. The molecule has 1 aliphatic rings.